The van der Waals surface area contributed by atoms with E-state index in [1.54, 1.807) is 47.4 Å². The zero-order chi connectivity index (χ0) is 19.5. The summed E-state index contributed by atoms with van der Waals surface area (Å²) < 4.78 is 11.2. The molecule has 28 heavy (non-hydrogen) atoms. The van der Waals surface area contributed by atoms with Crippen LogP contribution in [0.2, 0.25) is 0 Å². The number of benzene rings is 3. The molecule has 3 aromatic carbocycles. The number of ether oxygens (including phenoxy) is 2. The lowest BCUT2D eigenvalue weighted by Gasteiger charge is -2.19. The third kappa shape index (κ3) is 3.40. The van der Waals surface area contributed by atoms with Crippen LogP contribution in [0.1, 0.15) is 17.3 Å². The van der Waals surface area contributed by atoms with Crippen molar-refractivity contribution in [3.8, 4) is 17.2 Å². The second-order valence-corrected chi connectivity index (χ2v) is 6.16. The number of carbonyl (C=O) groups is 2. The van der Waals surface area contributed by atoms with Gasteiger partial charge in [-0.2, -0.15) is 0 Å². The molecule has 0 bridgehead atoms. The molecule has 6 nitrogen and oxygen atoms in total. The lowest BCUT2D eigenvalue weighted by Crippen LogP contribution is -2.29. The first kappa shape index (κ1) is 17.6. The van der Waals surface area contributed by atoms with E-state index in [0.29, 0.717) is 40.7 Å². The summed E-state index contributed by atoms with van der Waals surface area (Å²) in [6, 6.07) is 21.1. The summed E-state index contributed by atoms with van der Waals surface area (Å²) in [5.41, 5.74) is 1.53. The summed E-state index contributed by atoms with van der Waals surface area (Å²) in [5.74, 6) is 1.29. The van der Waals surface area contributed by atoms with Crippen molar-refractivity contribution >= 4 is 23.4 Å². The number of anilines is 2. The molecule has 0 aliphatic carbocycles. The van der Waals surface area contributed by atoms with Crippen LogP contribution in [0.4, 0.5) is 16.2 Å². The normalized spacial score (nSPS) is 12.3. The second kappa shape index (κ2) is 7.44. The Balaban J connectivity index is 1.61. The smallest absolute Gasteiger partial charge is 0.417 e. The number of fused-ring (bicyclic) bond motifs is 2. The molecule has 1 heterocycles. The summed E-state index contributed by atoms with van der Waals surface area (Å²) in [6.07, 6.45) is -0.635. The Hall–Kier alpha value is -3.80. The van der Waals surface area contributed by atoms with Crippen LogP contribution < -0.4 is 19.7 Å². The fraction of sp³-hybridized carbons (Fsp3) is 0.0909. The van der Waals surface area contributed by atoms with Crippen LogP contribution in [-0.2, 0) is 0 Å². The van der Waals surface area contributed by atoms with E-state index < -0.39 is 6.09 Å². The number of amides is 2. The summed E-state index contributed by atoms with van der Waals surface area (Å²) in [4.78, 5) is 26.8. The number of nitrogens with zero attached hydrogens (tertiary/aromatic N) is 1. The van der Waals surface area contributed by atoms with Crippen LogP contribution in [0.3, 0.4) is 0 Å². The summed E-state index contributed by atoms with van der Waals surface area (Å²) in [5, 5.41) is 2.65. The standard InChI is InChI=1S/C22H18N2O4/c1-2-24-18-10-6-7-11-20(18)28-19-13-12-15(14-17(19)21(24)25)23-22(26)27-16-8-4-3-5-9-16/h3-14H,2H2,1H3,(H,23,26). The minimum absolute atomic E-state index is 0.192. The van der Waals surface area contributed by atoms with Gasteiger partial charge in [0.1, 0.15) is 11.5 Å². The molecule has 2 amide bonds. The number of para-hydroxylation sites is 3. The molecule has 4 rings (SSSR count). The second-order valence-electron chi connectivity index (χ2n) is 6.16. The highest BCUT2D eigenvalue weighted by Crippen LogP contribution is 2.39. The molecule has 0 radical (unpaired) electrons. The zero-order valence-corrected chi connectivity index (χ0v) is 15.2. The first-order chi connectivity index (χ1) is 13.7. The summed E-state index contributed by atoms with van der Waals surface area (Å²) >= 11 is 0. The highest BCUT2D eigenvalue weighted by atomic mass is 16.6. The van der Waals surface area contributed by atoms with E-state index in [1.807, 2.05) is 37.3 Å². The van der Waals surface area contributed by atoms with Gasteiger partial charge in [0.15, 0.2) is 5.75 Å². The first-order valence-corrected chi connectivity index (χ1v) is 8.92. The van der Waals surface area contributed by atoms with Gasteiger partial charge in [-0.05, 0) is 49.4 Å². The van der Waals surface area contributed by atoms with Crippen LogP contribution in [0.25, 0.3) is 0 Å². The van der Waals surface area contributed by atoms with E-state index in [9.17, 15) is 9.59 Å². The Bertz CT molecular complexity index is 1030. The van der Waals surface area contributed by atoms with Crippen molar-refractivity contribution < 1.29 is 19.1 Å². The fourth-order valence-electron chi connectivity index (χ4n) is 3.06. The highest BCUT2D eigenvalue weighted by Gasteiger charge is 2.27. The molecule has 140 valence electrons. The minimum atomic E-state index is -0.635. The van der Waals surface area contributed by atoms with E-state index in [2.05, 4.69) is 5.32 Å². The average Bonchev–Trinajstić information content (AvgIpc) is 2.82. The van der Waals surface area contributed by atoms with Crippen LogP contribution in [0.5, 0.6) is 17.2 Å². The van der Waals surface area contributed by atoms with E-state index in [0.717, 1.165) is 0 Å². The lowest BCUT2D eigenvalue weighted by molar-refractivity contribution is 0.0988. The van der Waals surface area contributed by atoms with Gasteiger partial charge in [-0.1, -0.05) is 30.3 Å². The number of hydrogen-bond acceptors (Lipinski definition) is 4. The molecule has 1 aliphatic heterocycles. The van der Waals surface area contributed by atoms with Gasteiger partial charge in [0.05, 0.1) is 11.3 Å². The molecule has 0 saturated carbocycles. The maximum Gasteiger partial charge on any atom is 0.417 e. The summed E-state index contributed by atoms with van der Waals surface area (Å²) in [6.45, 7) is 2.39. The first-order valence-electron chi connectivity index (χ1n) is 8.92. The van der Waals surface area contributed by atoms with E-state index in [4.69, 9.17) is 9.47 Å². The van der Waals surface area contributed by atoms with Gasteiger partial charge in [0, 0.05) is 12.2 Å². The minimum Gasteiger partial charge on any atom is -0.454 e. The lowest BCUT2D eigenvalue weighted by atomic mass is 10.1. The topological polar surface area (TPSA) is 67.9 Å². The average molecular weight is 374 g/mol. The van der Waals surface area contributed by atoms with Crippen molar-refractivity contribution in [2.75, 3.05) is 16.8 Å². The monoisotopic (exact) mass is 374 g/mol. The molecule has 3 aromatic rings. The molecule has 0 fully saturated rings. The Morgan fingerprint density at radius 1 is 1.00 bits per heavy atom. The van der Waals surface area contributed by atoms with Gasteiger partial charge in [0.25, 0.3) is 5.91 Å². The van der Waals surface area contributed by atoms with Crippen molar-refractivity contribution in [1.82, 2.24) is 0 Å². The van der Waals surface area contributed by atoms with Crippen molar-refractivity contribution in [3.63, 3.8) is 0 Å². The van der Waals surface area contributed by atoms with Gasteiger partial charge < -0.3 is 14.4 Å². The van der Waals surface area contributed by atoms with Crippen LogP contribution in [0, 0.1) is 0 Å². The van der Waals surface area contributed by atoms with Crippen molar-refractivity contribution in [3.05, 3.63) is 78.4 Å². The third-order valence-corrected chi connectivity index (χ3v) is 4.35. The van der Waals surface area contributed by atoms with E-state index >= 15 is 0 Å². The van der Waals surface area contributed by atoms with Crippen molar-refractivity contribution in [2.24, 2.45) is 0 Å². The molecule has 0 saturated heterocycles. The molecule has 0 spiro atoms. The molecule has 1 aliphatic rings. The molecule has 6 heteroatoms. The Kier molecular flexibility index (Phi) is 4.68. The maximum absolute atomic E-state index is 13.1. The highest BCUT2D eigenvalue weighted by molar-refractivity contribution is 6.10. The predicted molar refractivity (Wildman–Crippen MR) is 106 cm³/mol. The maximum atomic E-state index is 13.1. The molecule has 0 aromatic heterocycles. The Labute approximate surface area is 162 Å². The molecule has 0 atom stereocenters. The van der Waals surface area contributed by atoms with Crippen LogP contribution in [-0.4, -0.2) is 18.5 Å². The number of nitrogens with one attached hydrogen (secondary N) is 1. The van der Waals surface area contributed by atoms with Gasteiger partial charge in [0.2, 0.25) is 0 Å². The number of rotatable bonds is 3. The number of hydrogen-bond donors (Lipinski definition) is 1. The Morgan fingerprint density at radius 3 is 2.54 bits per heavy atom. The number of carbonyl (C=O) groups excluding carboxylic acids is 2. The molecule has 1 N–H and O–H groups in total. The van der Waals surface area contributed by atoms with Gasteiger partial charge >= 0.3 is 6.09 Å². The van der Waals surface area contributed by atoms with E-state index in [1.165, 1.54) is 0 Å². The Morgan fingerprint density at radius 2 is 1.75 bits per heavy atom. The van der Waals surface area contributed by atoms with Crippen LogP contribution >= 0.6 is 0 Å². The molecular weight excluding hydrogens is 356 g/mol. The van der Waals surface area contributed by atoms with Gasteiger partial charge in [-0.25, -0.2) is 4.79 Å². The van der Waals surface area contributed by atoms with Gasteiger partial charge in [-0.3, -0.25) is 10.1 Å². The SMILES string of the molecule is CCN1C(=O)c2cc(NC(=O)Oc3ccccc3)ccc2Oc2ccccc21. The van der Waals surface area contributed by atoms with Crippen LogP contribution in [0.15, 0.2) is 72.8 Å². The van der Waals surface area contributed by atoms with Crippen molar-refractivity contribution in [2.45, 2.75) is 6.92 Å². The molecule has 0 unspecified atom stereocenters. The summed E-state index contributed by atoms with van der Waals surface area (Å²) in [7, 11) is 0. The molecular formula is C22H18N2O4. The van der Waals surface area contributed by atoms with E-state index in [-0.39, 0.29) is 5.91 Å². The third-order valence-electron chi connectivity index (χ3n) is 4.35. The predicted octanol–water partition coefficient (Wildman–Crippen LogP) is 5.07. The van der Waals surface area contributed by atoms with Gasteiger partial charge in [-0.15, -0.1) is 0 Å². The zero-order valence-electron chi connectivity index (χ0n) is 15.2. The fourth-order valence-corrected chi connectivity index (χ4v) is 3.06. The largest absolute Gasteiger partial charge is 0.454 e. The van der Waals surface area contributed by atoms with Crippen molar-refractivity contribution in [1.29, 1.82) is 0 Å². The quantitative estimate of drug-likeness (QED) is 0.695.